The van der Waals surface area contributed by atoms with Crippen LogP contribution < -0.4 is 10.6 Å². The number of ether oxygens (including phenoxy) is 4. The minimum atomic E-state index is -0.934. The molecule has 0 heterocycles. The van der Waals surface area contributed by atoms with Crippen LogP contribution in [0.25, 0.3) is 0 Å². The van der Waals surface area contributed by atoms with Gasteiger partial charge in [-0.3, -0.25) is 4.79 Å². The monoisotopic (exact) mass is 634 g/mol. The van der Waals surface area contributed by atoms with Gasteiger partial charge in [0, 0.05) is 23.9 Å². The maximum absolute atomic E-state index is 12.9. The summed E-state index contributed by atoms with van der Waals surface area (Å²) in [6.45, 7) is 16.5. The van der Waals surface area contributed by atoms with E-state index in [9.17, 15) is 14.4 Å². The molecule has 0 bridgehead atoms. The van der Waals surface area contributed by atoms with E-state index in [1.807, 2.05) is 34.6 Å². The van der Waals surface area contributed by atoms with E-state index >= 15 is 0 Å². The molecule has 2 N–H and O–H groups in total. The summed E-state index contributed by atoms with van der Waals surface area (Å²) in [4.78, 5) is 38.3. The number of carbonyl (C=O) groups excluding carboxylic acids is 3. The smallest absolute Gasteiger partial charge is 0.442 e. The lowest BCUT2D eigenvalue weighted by molar-refractivity contribution is -0.176. The molecule has 2 amide bonds. The minimum absolute atomic E-state index is 0.0699. The Kier molecular flexibility index (Phi) is 11.1. The molecule has 4 saturated carbocycles. The molecule has 0 aromatic carbocycles. The molecule has 4 fully saturated rings. The Labute approximate surface area is 272 Å². The van der Waals surface area contributed by atoms with Gasteiger partial charge < -0.3 is 29.6 Å². The highest BCUT2D eigenvalue weighted by molar-refractivity contribution is 5.84. The second-order valence-corrected chi connectivity index (χ2v) is 16.8. The fourth-order valence-electron chi connectivity index (χ4n) is 8.11. The summed E-state index contributed by atoms with van der Waals surface area (Å²) in [7, 11) is 0. The van der Waals surface area contributed by atoms with Crippen LogP contribution in [0, 0.1) is 22.7 Å². The SMILES string of the molecule is CCCCC1CCC(NC(=O)OC2(C)CC2(C)COC(=O)OC2(C)CC(C)(COC(C)(C)C(=O)NC3CCC(C)CC3)C2)CC1. The van der Waals surface area contributed by atoms with Crippen LogP contribution >= 0.6 is 0 Å². The van der Waals surface area contributed by atoms with Crippen molar-refractivity contribution < 1.29 is 33.3 Å². The first-order chi connectivity index (χ1) is 21.0. The zero-order valence-electron chi connectivity index (χ0n) is 29.5. The van der Waals surface area contributed by atoms with E-state index in [0.717, 1.165) is 63.2 Å². The third-order valence-electron chi connectivity index (χ3n) is 11.5. The molecule has 4 aliphatic carbocycles. The average molecular weight is 635 g/mol. The van der Waals surface area contributed by atoms with E-state index in [2.05, 4.69) is 31.4 Å². The Morgan fingerprint density at radius 2 is 1.40 bits per heavy atom. The molecule has 4 aliphatic rings. The molecule has 0 spiro atoms. The van der Waals surface area contributed by atoms with Gasteiger partial charge in [0.1, 0.15) is 23.4 Å². The first-order valence-electron chi connectivity index (χ1n) is 17.8. The van der Waals surface area contributed by atoms with Crippen molar-refractivity contribution in [2.24, 2.45) is 22.7 Å². The molecule has 0 saturated heterocycles. The molecule has 4 rings (SSSR count). The predicted molar refractivity (Wildman–Crippen MR) is 174 cm³/mol. The molecule has 0 radical (unpaired) electrons. The number of rotatable bonds is 13. The van der Waals surface area contributed by atoms with Gasteiger partial charge in [0.05, 0.1) is 6.61 Å². The third-order valence-corrected chi connectivity index (χ3v) is 11.5. The van der Waals surface area contributed by atoms with Crippen LogP contribution in [0.2, 0.25) is 0 Å². The van der Waals surface area contributed by atoms with Crippen LogP contribution in [0.3, 0.4) is 0 Å². The van der Waals surface area contributed by atoms with Crippen molar-refractivity contribution in [3.05, 3.63) is 0 Å². The van der Waals surface area contributed by atoms with E-state index in [-0.39, 0.29) is 36.1 Å². The maximum Gasteiger partial charge on any atom is 0.508 e. The molecule has 2 atom stereocenters. The van der Waals surface area contributed by atoms with Gasteiger partial charge in [0.15, 0.2) is 0 Å². The summed E-state index contributed by atoms with van der Waals surface area (Å²) in [6, 6.07) is 0.395. The molecule has 9 nitrogen and oxygen atoms in total. The molecule has 258 valence electrons. The lowest BCUT2D eigenvalue weighted by Gasteiger charge is -2.52. The summed E-state index contributed by atoms with van der Waals surface area (Å²) in [5.41, 5.74) is -2.92. The van der Waals surface area contributed by atoms with Crippen LogP contribution in [-0.2, 0) is 23.7 Å². The van der Waals surface area contributed by atoms with Crippen molar-refractivity contribution in [3.8, 4) is 0 Å². The molecule has 2 unspecified atom stereocenters. The van der Waals surface area contributed by atoms with E-state index in [4.69, 9.17) is 18.9 Å². The van der Waals surface area contributed by atoms with Gasteiger partial charge in [0.25, 0.3) is 5.91 Å². The molecular weight excluding hydrogens is 572 g/mol. The molecule has 0 aromatic rings. The van der Waals surface area contributed by atoms with Gasteiger partial charge in [-0.1, -0.05) is 47.0 Å². The van der Waals surface area contributed by atoms with Crippen LogP contribution in [0.1, 0.15) is 145 Å². The summed E-state index contributed by atoms with van der Waals surface area (Å²) >= 11 is 0. The first-order valence-corrected chi connectivity index (χ1v) is 17.8. The fourth-order valence-corrected chi connectivity index (χ4v) is 8.11. The molecular formula is C36H62N2O7. The number of hydrogen-bond donors (Lipinski definition) is 2. The van der Waals surface area contributed by atoms with Gasteiger partial charge in [-0.15, -0.1) is 0 Å². The predicted octanol–water partition coefficient (Wildman–Crippen LogP) is 7.83. The van der Waals surface area contributed by atoms with Crippen molar-refractivity contribution in [3.63, 3.8) is 0 Å². The Morgan fingerprint density at radius 1 is 0.800 bits per heavy atom. The normalized spacial score (nSPS) is 38.0. The van der Waals surface area contributed by atoms with Crippen molar-refractivity contribution in [2.75, 3.05) is 13.2 Å². The van der Waals surface area contributed by atoms with Gasteiger partial charge >= 0.3 is 12.2 Å². The number of alkyl carbamates (subject to hydrolysis) is 1. The highest BCUT2D eigenvalue weighted by Gasteiger charge is 2.66. The highest BCUT2D eigenvalue weighted by atomic mass is 16.7. The van der Waals surface area contributed by atoms with Gasteiger partial charge in [-0.25, -0.2) is 9.59 Å². The van der Waals surface area contributed by atoms with Crippen molar-refractivity contribution in [2.45, 2.75) is 174 Å². The Balaban J connectivity index is 1.12. The van der Waals surface area contributed by atoms with Crippen molar-refractivity contribution >= 4 is 18.2 Å². The summed E-state index contributed by atoms with van der Waals surface area (Å²) < 4.78 is 23.3. The van der Waals surface area contributed by atoms with E-state index < -0.39 is 28.4 Å². The van der Waals surface area contributed by atoms with Gasteiger partial charge in [0.2, 0.25) is 0 Å². The Hall–Kier alpha value is -2.03. The number of hydrogen-bond acceptors (Lipinski definition) is 7. The van der Waals surface area contributed by atoms with Crippen molar-refractivity contribution in [1.29, 1.82) is 0 Å². The number of amides is 2. The average Bonchev–Trinajstić information content (AvgIpc) is 3.49. The number of unbranched alkanes of at least 4 members (excludes halogenated alkanes) is 1. The molecule has 0 aromatic heterocycles. The molecule has 0 aliphatic heterocycles. The summed E-state index contributed by atoms with van der Waals surface area (Å²) in [6.07, 6.45) is 13.2. The quantitative estimate of drug-likeness (QED) is 0.199. The van der Waals surface area contributed by atoms with Crippen LogP contribution in [0.5, 0.6) is 0 Å². The van der Waals surface area contributed by atoms with Crippen LogP contribution in [-0.4, -0.2) is 60.3 Å². The Morgan fingerprint density at radius 3 is 2.02 bits per heavy atom. The fraction of sp³-hybridized carbons (Fsp3) is 0.917. The van der Waals surface area contributed by atoms with E-state index in [1.54, 1.807) is 0 Å². The molecule has 9 heteroatoms. The first kappa shape index (κ1) is 35.8. The summed E-state index contributed by atoms with van der Waals surface area (Å²) in [5.74, 6) is 1.44. The standard InChI is InChI=1S/C36H62N2O7/c1-9-10-11-26-14-18-28(19-15-26)38-30(40)44-36(8)22-34(36,6)24-42-31(41)45-35(7)20-33(5,21-35)23-43-32(3,4)29(39)37-27-16-12-25(2)13-17-27/h25-28H,9-24H2,1-8H3,(H,37,39)(H,38,40). The van der Waals surface area contributed by atoms with Crippen LogP contribution in [0.15, 0.2) is 0 Å². The number of carbonyl (C=O) groups is 3. The lowest BCUT2D eigenvalue weighted by atomic mass is 9.61. The molecule has 45 heavy (non-hydrogen) atoms. The van der Waals surface area contributed by atoms with Gasteiger partial charge in [-0.05, 0) is 109 Å². The zero-order chi connectivity index (χ0) is 33.1. The van der Waals surface area contributed by atoms with Gasteiger partial charge in [-0.2, -0.15) is 0 Å². The maximum atomic E-state index is 12.9. The third kappa shape index (κ3) is 9.51. The number of nitrogens with one attached hydrogen (secondary N) is 2. The van der Waals surface area contributed by atoms with Crippen molar-refractivity contribution in [1.82, 2.24) is 10.6 Å². The second-order valence-electron chi connectivity index (χ2n) is 16.8. The second kappa shape index (κ2) is 14.0. The van der Waals surface area contributed by atoms with Crippen LogP contribution in [0.4, 0.5) is 9.59 Å². The highest BCUT2D eigenvalue weighted by Crippen LogP contribution is 2.59. The lowest BCUT2D eigenvalue weighted by Crippen LogP contribution is -2.55. The topological polar surface area (TPSA) is 112 Å². The van der Waals surface area contributed by atoms with E-state index in [0.29, 0.717) is 25.9 Å². The Bertz CT molecular complexity index is 1040. The van der Waals surface area contributed by atoms with E-state index in [1.165, 1.54) is 19.3 Å². The zero-order valence-corrected chi connectivity index (χ0v) is 29.5. The largest absolute Gasteiger partial charge is 0.508 e. The minimum Gasteiger partial charge on any atom is -0.442 e. The summed E-state index contributed by atoms with van der Waals surface area (Å²) in [5, 5.41) is 6.25.